The number of nitrogens with one attached hydrogen (secondary N) is 1. The SMILES string of the molecule is CCCNC(CSC(C)CC)CC1CCCC1. The molecule has 0 aromatic heterocycles. The van der Waals surface area contributed by atoms with Crippen molar-refractivity contribution in [3.05, 3.63) is 0 Å². The van der Waals surface area contributed by atoms with E-state index in [1.54, 1.807) is 0 Å². The Morgan fingerprint density at radius 1 is 1.24 bits per heavy atom. The van der Waals surface area contributed by atoms with Crippen molar-refractivity contribution in [1.29, 1.82) is 0 Å². The molecule has 0 bridgehead atoms. The molecule has 0 heterocycles. The van der Waals surface area contributed by atoms with Crippen LogP contribution in [-0.2, 0) is 0 Å². The van der Waals surface area contributed by atoms with Gasteiger partial charge in [-0.3, -0.25) is 0 Å². The van der Waals surface area contributed by atoms with Gasteiger partial charge in [-0.05, 0) is 31.7 Å². The molecule has 0 aliphatic heterocycles. The average Bonchev–Trinajstić information content (AvgIpc) is 2.84. The molecule has 0 amide bonds. The standard InChI is InChI=1S/C15H31NS/c1-4-10-16-15(12-17-13(3)5-2)11-14-8-6-7-9-14/h13-16H,4-12H2,1-3H3. The Morgan fingerprint density at radius 2 is 1.94 bits per heavy atom. The molecule has 17 heavy (non-hydrogen) atoms. The zero-order chi connectivity index (χ0) is 12.5. The van der Waals surface area contributed by atoms with E-state index in [-0.39, 0.29) is 0 Å². The van der Waals surface area contributed by atoms with Gasteiger partial charge in [0.05, 0.1) is 0 Å². The molecule has 2 atom stereocenters. The van der Waals surface area contributed by atoms with E-state index < -0.39 is 0 Å². The van der Waals surface area contributed by atoms with E-state index in [0.29, 0.717) is 0 Å². The Morgan fingerprint density at radius 3 is 2.53 bits per heavy atom. The Kier molecular flexibility index (Phi) is 8.38. The first kappa shape index (κ1) is 15.4. The van der Waals surface area contributed by atoms with E-state index in [9.17, 15) is 0 Å². The van der Waals surface area contributed by atoms with Crippen LogP contribution in [-0.4, -0.2) is 23.6 Å². The fraction of sp³-hybridized carbons (Fsp3) is 1.00. The zero-order valence-electron chi connectivity index (χ0n) is 12.0. The van der Waals surface area contributed by atoms with Crippen molar-refractivity contribution in [3.8, 4) is 0 Å². The second kappa shape index (κ2) is 9.27. The minimum absolute atomic E-state index is 0.761. The third-order valence-electron chi connectivity index (χ3n) is 3.93. The summed E-state index contributed by atoms with van der Waals surface area (Å²) in [4.78, 5) is 0. The molecule has 2 unspecified atom stereocenters. The second-order valence-electron chi connectivity index (χ2n) is 5.59. The van der Waals surface area contributed by atoms with Gasteiger partial charge < -0.3 is 5.32 Å². The normalized spacial score (nSPS) is 20.6. The van der Waals surface area contributed by atoms with Crippen LogP contribution in [0.1, 0.15) is 65.7 Å². The van der Waals surface area contributed by atoms with Crippen molar-refractivity contribution in [2.75, 3.05) is 12.3 Å². The highest BCUT2D eigenvalue weighted by atomic mass is 32.2. The third kappa shape index (κ3) is 6.71. The van der Waals surface area contributed by atoms with Crippen LogP contribution < -0.4 is 5.32 Å². The number of hydrogen-bond acceptors (Lipinski definition) is 2. The highest BCUT2D eigenvalue weighted by Gasteiger charge is 2.20. The minimum atomic E-state index is 0.761. The fourth-order valence-electron chi connectivity index (χ4n) is 2.61. The zero-order valence-corrected chi connectivity index (χ0v) is 12.8. The molecule has 0 spiro atoms. The van der Waals surface area contributed by atoms with Gasteiger partial charge in [0.15, 0.2) is 0 Å². The largest absolute Gasteiger partial charge is 0.313 e. The highest BCUT2D eigenvalue weighted by molar-refractivity contribution is 7.99. The first-order valence-electron chi connectivity index (χ1n) is 7.61. The Labute approximate surface area is 113 Å². The summed E-state index contributed by atoms with van der Waals surface area (Å²) in [5, 5.41) is 4.58. The fourth-order valence-corrected chi connectivity index (χ4v) is 3.66. The Hall–Kier alpha value is 0.310. The third-order valence-corrected chi connectivity index (χ3v) is 5.43. The van der Waals surface area contributed by atoms with Crippen molar-refractivity contribution >= 4 is 11.8 Å². The molecule has 1 N–H and O–H groups in total. The van der Waals surface area contributed by atoms with Crippen molar-refractivity contribution < 1.29 is 0 Å². The molecule has 2 heteroatoms. The summed E-state index contributed by atoms with van der Waals surface area (Å²) >= 11 is 2.16. The summed E-state index contributed by atoms with van der Waals surface area (Å²) in [5.74, 6) is 2.33. The second-order valence-corrected chi connectivity index (χ2v) is 7.06. The molecule has 0 radical (unpaired) electrons. The quantitative estimate of drug-likeness (QED) is 0.654. The van der Waals surface area contributed by atoms with E-state index in [2.05, 4.69) is 37.8 Å². The van der Waals surface area contributed by atoms with Gasteiger partial charge >= 0.3 is 0 Å². The summed E-state index contributed by atoms with van der Waals surface area (Å²) in [6.07, 6.45) is 9.90. The van der Waals surface area contributed by atoms with Gasteiger partial charge in [-0.25, -0.2) is 0 Å². The number of hydrogen-bond donors (Lipinski definition) is 1. The van der Waals surface area contributed by atoms with Crippen molar-refractivity contribution in [2.45, 2.75) is 77.0 Å². The first-order chi connectivity index (χ1) is 8.26. The van der Waals surface area contributed by atoms with Gasteiger partial charge in [-0.1, -0.05) is 46.5 Å². The van der Waals surface area contributed by atoms with Crippen LogP contribution in [0, 0.1) is 5.92 Å². The van der Waals surface area contributed by atoms with Crippen LogP contribution in [0.25, 0.3) is 0 Å². The molecule has 1 rings (SSSR count). The number of thioether (sulfide) groups is 1. The lowest BCUT2D eigenvalue weighted by molar-refractivity contribution is 0.409. The van der Waals surface area contributed by atoms with E-state index in [0.717, 1.165) is 17.2 Å². The molecular weight excluding hydrogens is 226 g/mol. The highest BCUT2D eigenvalue weighted by Crippen LogP contribution is 2.29. The molecule has 0 aromatic carbocycles. The maximum Gasteiger partial charge on any atom is 0.0160 e. The minimum Gasteiger partial charge on any atom is -0.313 e. The summed E-state index contributed by atoms with van der Waals surface area (Å²) < 4.78 is 0. The van der Waals surface area contributed by atoms with Crippen molar-refractivity contribution in [2.24, 2.45) is 5.92 Å². The van der Waals surface area contributed by atoms with Gasteiger partial charge in [0.1, 0.15) is 0 Å². The molecule has 1 fully saturated rings. The molecular formula is C15H31NS. The molecule has 0 aromatic rings. The molecule has 102 valence electrons. The number of rotatable bonds is 9. The van der Waals surface area contributed by atoms with Crippen LogP contribution in [0.5, 0.6) is 0 Å². The van der Waals surface area contributed by atoms with E-state index in [1.165, 1.54) is 57.2 Å². The molecule has 1 aliphatic rings. The monoisotopic (exact) mass is 257 g/mol. The molecule has 1 aliphatic carbocycles. The predicted molar refractivity (Wildman–Crippen MR) is 80.9 cm³/mol. The van der Waals surface area contributed by atoms with Gasteiger partial charge in [-0.2, -0.15) is 11.8 Å². The van der Waals surface area contributed by atoms with E-state index >= 15 is 0 Å². The molecule has 1 nitrogen and oxygen atoms in total. The van der Waals surface area contributed by atoms with E-state index in [1.807, 2.05) is 0 Å². The van der Waals surface area contributed by atoms with Gasteiger partial charge in [-0.15, -0.1) is 0 Å². The van der Waals surface area contributed by atoms with Crippen LogP contribution in [0.4, 0.5) is 0 Å². The smallest absolute Gasteiger partial charge is 0.0160 e. The van der Waals surface area contributed by atoms with Gasteiger partial charge in [0.25, 0.3) is 0 Å². The van der Waals surface area contributed by atoms with Gasteiger partial charge in [0.2, 0.25) is 0 Å². The Balaban J connectivity index is 2.25. The predicted octanol–water partition coefficient (Wildman–Crippen LogP) is 4.47. The summed E-state index contributed by atoms with van der Waals surface area (Å²) in [6.45, 7) is 8.11. The van der Waals surface area contributed by atoms with Crippen LogP contribution >= 0.6 is 11.8 Å². The Bertz CT molecular complexity index is 178. The van der Waals surface area contributed by atoms with Crippen LogP contribution in [0.2, 0.25) is 0 Å². The van der Waals surface area contributed by atoms with Gasteiger partial charge in [0, 0.05) is 17.0 Å². The van der Waals surface area contributed by atoms with Crippen molar-refractivity contribution in [3.63, 3.8) is 0 Å². The molecule has 1 saturated carbocycles. The summed E-state index contributed by atoms with van der Waals surface area (Å²) in [6, 6.07) is 0.761. The summed E-state index contributed by atoms with van der Waals surface area (Å²) in [7, 11) is 0. The van der Waals surface area contributed by atoms with Crippen molar-refractivity contribution in [1.82, 2.24) is 5.32 Å². The summed E-state index contributed by atoms with van der Waals surface area (Å²) in [5.41, 5.74) is 0. The maximum absolute atomic E-state index is 3.75. The van der Waals surface area contributed by atoms with E-state index in [4.69, 9.17) is 0 Å². The maximum atomic E-state index is 3.75. The molecule has 0 saturated heterocycles. The lowest BCUT2D eigenvalue weighted by Gasteiger charge is -2.23. The first-order valence-corrected chi connectivity index (χ1v) is 8.66. The lowest BCUT2D eigenvalue weighted by atomic mass is 9.99. The average molecular weight is 257 g/mol. The lowest BCUT2D eigenvalue weighted by Crippen LogP contribution is -2.34. The van der Waals surface area contributed by atoms with Crippen LogP contribution in [0.15, 0.2) is 0 Å². The van der Waals surface area contributed by atoms with Crippen LogP contribution in [0.3, 0.4) is 0 Å². The topological polar surface area (TPSA) is 12.0 Å².